The Morgan fingerprint density at radius 1 is 1.24 bits per heavy atom. The number of unbranched alkanes of at least 4 members (excludes halogenated alkanes) is 1. The molecule has 0 radical (unpaired) electrons. The van der Waals surface area contributed by atoms with E-state index in [-0.39, 0.29) is 18.0 Å². The van der Waals surface area contributed by atoms with Gasteiger partial charge in [-0.3, -0.25) is 14.9 Å². The van der Waals surface area contributed by atoms with Crippen LogP contribution in [0.25, 0.3) is 0 Å². The highest BCUT2D eigenvalue weighted by molar-refractivity contribution is 5.93. The highest BCUT2D eigenvalue weighted by atomic mass is 16.6. The van der Waals surface area contributed by atoms with Crippen molar-refractivity contribution >= 4 is 17.3 Å². The molecule has 6 heteroatoms. The van der Waals surface area contributed by atoms with E-state index in [4.69, 9.17) is 4.74 Å². The molecule has 1 amide bonds. The number of nitro groups is 1. The van der Waals surface area contributed by atoms with Crippen LogP contribution in [0.2, 0.25) is 0 Å². The van der Waals surface area contributed by atoms with Gasteiger partial charge in [-0.1, -0.05) is 31.5 Å². The van der Waals surface area contributed by atoms with Gasteiger partial charge in [0, 0.05) is 17.3 Å². The fraction of sp³-hybridized carbons (Fsp3) is 0.316. The van der Waals surface area contributed by atoms with Gasteiger partial charge in [-0.2, -0.15) is 0 Å². The van der Waals surface area contributed by atoms with Crippen LogP contribution in [0.5, 0.6) is 5.75 Å². The van der Waals surface area contributed by atoms with Crippen LogP contribution < -0.4 is 10.1 Å². The minimum Gasteiger partial charge on any atom is -0.494 e. The van der Waals surface area contributed by atoms with Gasteiger partial charge in [-0.05, 0) is 37.1 Å². The second-order valence-corrected chi connectivity index (χ2v) is 5.79. The van der Waals surface area contributed by atoms with E-state index in [1.54, 1.807) is 24.3 Å². The molecule has 0 fully saturated rings. The number of nitrogens with zero attached hydrogens (tertiary/aromatic N) is 1. The topological polar surface area (TPSA) is 81.5 Å². The normalized spacial score (nSPS) is 10.3. The largest absolute Gasteiger partial charge is 0.494 e. The summed E-state index contributed by atoms with van der Waals surface area (Å²) in [6.07, 6.45) is 2.01. The van der Waals surface area contributed by atoms with Gasteiger partial charge in [0.15, 0.2) is 0 Å². The molecule has 0 atom stereocenters. The summed E-state index contributed by atoms with van der Waals surface area (Å²) >= 11 is 0. The molecule has 0 saturated carbocycles. The maximum atomic E-state index is 12.2. The van der Waals surface area contributed by atoms with Gasteiger partial charge in [-0.15, -0.1) is 0 Å². The molecule has 2 aromatic carbocycles. The molecular formula is C19H22N2O4. The molecule has 0 spiro atoms. The molecule has 2 aromatic rings. The van der Waals surface area contributed by atoms with Gasteiger partial charge in [0.25, 0.3) is 5.69 Å². The van der Waals surface area contributed by atoms with Crippen LogP contribution in [0, 0.1) is 17.0 Å². The van der Waals surface area contributed by atoms with E-state index in [2.05, 4.69) is 12.2 Å². The van der Waals surface area contributed by atoms with E-state index in [0.717, 1.165) is 24.2 Å². The molecule has 0 unspecified atom stereocenters. The number of nitrogens with one attached hydrogen (secondary N) is 1. The number of ether oxygens (including phenoxy) is 1. The van der Waals surface area contributed by atoms with Crippen molar-refractivity contribution in [1.82, 2.24) is 0 Å². The Morgan fingerprint density at radius 2 is 2.00 bits per heavy atom. The third-order valence-corrected chi connectivity index (χ3v) is 3.78. The molecular weight excluding hydrogens is 320 g/mol. The van der Waals surface area contributed by atoms with Gasteiger partial charge < -0.3 is 10.1 Å². The number of nitro benzene ring substituents is 1. The minimum absolute atomic E-state index is 0.0472. The number of benzene rings is 2. The Kier molecular flexibility index (Phi) is 6.51. The first-order valence-electron chi connectivity index (χ1n) is 8.27. The van der Waals surface area contributed by atoms with Gasteiger partial charge >= 0.3 is 0 Å². The summed E-state index contributed by atoms with van der Waals surface area (Å²) < 4.78 is 5.64. The predicted octanol–water partition coefficient (Wildman–Crippen LogP) is 4.26. The van der Waals surface area contributed by atoms with Crippen molar-refractivity contribution in [3.63, 3.8) is 0 Å². The predicted molar refractivity (Wildman–Crippen MR) is 97.0 cm³/mol. The van der Waals surface area contributed by atoms with Crippen molar-refractivity contribution in [1.29, 1.82) is 0 Å². The summed E-state index contributed by atoms with van der Waals surface area (Å²) in [7, 11) is 0. The lowest BCUT2D eigenvalue weighted by molar-refractivity contribution is -0.385. The fourth-order valence-corrected chi connectivity index (χ4v) is 2.41. The van der Waals surface area contributed by atoms with Crippen molar-refractivity contribution in [2.75, 3.05) is 11.9 Å². The molecule has 2 rings (SSSR count). The summed E-state index contributed by atoms with van der Waals surface area (Å²) in [5.74, 6) is 0.472. The Hall–Kier alpha value is -2.89. The molecule has 0 saturated heterocycles. The van der Waals surface area contributed by atoms with Crippen LogP contribution in [0.15, 0.2) is 42.5 Å². The van der Waals surface area contributed by atoms with Crippen LogP contribution in [0.1, 0.15) is 30.9 Å². The molecule has 0 aliphatic carbocycles. The van der Waals surface area contributed by atoms with Crippen molar-refractivity contribution < 1.29 is 14.5 Å². The van der Waals surface area contributed by atoms with E-state index in [1.165, 1.54) is 6.07 Å². The van der Waals surface area contributed by atoms with E-state index in [0.29, 0.717) is 17.9 Å². The summed E-state index contributed by atoms with van der Waals surface area (Å²) in [5.41, 5.74) is 1.90. The minimum atomic E-state index is -0.476. The quantitative estimate of drug-likeness (QED) is 0.441. The average molecular weight is 342 g/mol. The van der Waals surface area contributed by atoms with Gasteiger partial charge in [0.2, 0.25) is 5.91 Å². The number of hydrogen-bond donors (Lipinski definition) is 1. The molecule has 25 heavy (non-hydrogen) atoms. The Morgan fingerprint density at radius 3 is 2.68 bits per heavy atom. The van der Waals surface area contributed by atoms with Crippen LogP contribution in [-0.2, 0) is 11.2 Å². The maximum Gasteiger partial charge on any atom is 0.273 e. The zero-order chi connectivity index (χ0) is 18.2. The molecule has 0 aromatic heterocycles. The van der Waals surface area contributed by atoms with Crippen molar-refractivity contribution in [3.05, 3.63) is 63.7 Å². The van der Waals surface area contributed by atoms with Crippen molar-refractivity contribution in [3.8, 4) is 5.75 Å². The number of carbonyl (C=O) groups excluding carboxylic acids is 1. The number of aryl methyl sites for hydroxylation is 1. The standard InChI is InChI=1S/C19H22N2O4/c1-3-4-11-25-16-9-10-17(14(2)12-16)20-19(22)13-15-7-5-6-8-18(15)21(23)24/h5-10,12H,3-4,11,13H2,1-2H3,(H,20,22). The summed E-state index contributed by atoms with van der Waals surface area (Å²) in [5, 5.41) is 13.8. The second-order valence-electron chi connectivity index (χ2n) is 5.79. The highest BCUT2D eigenvalue weighted by Gasteiger charge is 2.16. The number of para-hydroxylation sites is 1. The van der Waals surface area contributed by atoms with Crippen LogP contribution in [0.3, 0.4) is 0 Å². The highest BCUT2D eigenvalue weighted by Crippen LogP contribution is 2.23. The Balaban J connectivity index is 2.02. The monoisotopic (exact) mass is 342 g/mol. The molecule has 0 aliphatic heterocycles. The van der Waals surface area contributed by atoms with E-state index >= 15 is 0 Å². The number of carbonyl (C=O) groups is 1. The van der Waals surface area contributed by atoms with Crippen LogP contribution in [0.4, 0.5) is 11.4 Å². The lowest BCUT2D eigenvalue weighted by Crippen LogP contribution is -2.16. The fourth-order valence-electron chi connectivity index (χ4n) is 2.41. The Bertz CT molecular complexity index is 759. The number of hydrogen-bond acceptors (Lipinski definition) is 4. The molecule has 6 nitrogen and oxygen atoms in total. The number of anilines is 1. The lowest BCUT2D eigenvalue weighted by atomic mass is 10.1. The third-order valence-electron chi connectivity index (χ3n) is 3.78. The molecule has 0 heterocycles. The zero-order valence-electron chi connectivity index (χ0n) is 14.5. The first-order chi connectivity index (χ1) is 12.0. The smallest absolute Gasteiger partial charge is 0.273 e. The maximum absolute atomic E-state index is 12.2. The van der Waals surface area contributed by atoms with Gasteiger partial charge in [-0.25, -0.2) is 0 Å². The summed E-state index contributed by atoms with van der Waals surface area (Å²) in [4.78, 5) is 22.8. The first kappa shape index (κ1) is 18.4. The third kappa shape index (κ3) is 5.31. The second kappa shape index (κ2) is 8.82. The average Bonchev–Trinajstić information content (AvgIpc) is 2.58. The summed E-state index contributed by atoms with van der Waals surface area (Å²) in [6, 6.07) is 11.7. The van der Waals surface area contributed by atoms with Crippen molar-refractivity contribution in [2.45, 2.75) is 33.1 Å². The Labute approximate surface area is 147 Å². The SMILES string of the molecule is CCCCOc1ccc(NC(=O)Cc2ccccc2[N+](=O)[O-])c(C)c1. The number of amides is 1. The molecule has 0 aliphatic rings. The number of rotatable bonds is 8. The van der Waals surface area contributed by atoms with Gasteiger partial charge in [0.05, 0.1) is 18.0 Å². The molecule has 1 N–H and O–H groups in total. The van der Waals surface area contributed by atoms with E-state index in [1.807, 2.05) is 19.1 Å². The van der Waals surface area contributed by atoms with E-state index < -0.39 is 4.92 Å². The summed E-state index contributed by atoms with van der Waals surface area (Å²) in [6.45, 7) is 4.65. The van der Waals surface area contributed by atoms with Gasteiger partial charge in [0.1, 0.15) is 5.75 Å². The molecule has 0 bridgehead atoms. The zero-order valence-corrected chi connectivity index (χ0v) is 14.5. The van der Waals surface area contributed by atoms with E-state index in [9.17, 15) is 14.9 Å². The first-order valence-corrected chi connectivity index (χ1v) is 8.27. The van der Waals surface area contributed by atoms with Crippen LogP contribution >= 0.6 is 0 Å². The van der Waals surface area contributed by atoms with Crippen molar-refractivity contribution in [2.24, 2.45) is 0 Å². The lowest BCUT2D eigenvalue weighted by Gasteiger charge is -2.11. The molecule has 132 valence electrons. The van der Waals surface area contributed by atoms with Crippen LogP contribution in [-0.4, -0.2) is 17.4 Å².